The highest BCUT2D eigenvalue weighted by molar-refractivity contribution is 5.94. The Morgan fingerprint density at radius 3 is 2.70 bits per heavy atom. The quantitative estimate of drug-likeness (QED) is 0.497. The lowest BCUT2D eigenvalue weighted by Crippen LogP contribution is -2.31. The van der Waals surface area contributed by atoms with E-state index in [1.807, 2.05) is 13.0 Å². The highest BCUT2D eigenvalue weighted by Gasteiger charge is 2.20. The first-order valence-electron chi connectivity index (χ1n) is 9.06. The topological polar surface area (TPSA) is 122 Å². The molecule has 0 bridgehead atoms. The molecule has 3 rings (SSSR count). The first-order chi connectivity index (χ1) is 14.5. The molecule has 1 amide bonds. The molecular weight excluding hydrogens is 384 g/mol. The molecule has 0 aliphatic rings. The van der Waals surface area contributed by atoms with Gasteiger partial charge in [0, 0.05) is 11.8 Å². The molecule has 2 heterocycles. The van der Waals surface area contributed by atoms with Crippen molar-refractivity contribution >= 4 is 12.1 Å². The smallest absolute Gasteiger partial charge is 0.292 e. The molecule has 0 saturated carbocycles. The fraction of sp³-hybridized carbons (Fsp3) is 0.143. The van der Waals surface area contributed by atoms with Gasteiger partial charge in [-0.05, 0) is 50.2 Å². The minimum atomic E-state index is -0.657. The van der Waals surface area contributed by atoms with Crippen LogP contribution in [0, 0.1) is 18.3 Å². The van der Waals surface area contributed by atoms with E-state index in [4.69, 9.17) is 4.74 Å². The molecule has 0 saturated heterocycles. The van der Waals surface area contributed by atoms with Crippen molar-refractivity contribution in [2.45, 2.75) is 13.8 Å². The van der Waals surface area contributed by atoms with Crippen LogP contribution < -0.4 is 15.7 Å². The summed E-state index contributed by atoms with van der Waals surface area (Å²) in [4.78, 5) is 29.4. The van der Waals surface area contributed by atoms with Gasteiger partial charge >= 0.3 is 0 Å². The van der Waals surface area contributed by atoms with Crippen LogP contribution in [0.2, 0.25) is 0 Å². The molecule has 0 unspecified atom stereocenters. The van der Waals surface area contributed by atoms with Gasteiger partial charge in [0.15, 0.2) is 5.69 Å². The Bertz CT molecular complexity index is 1180. The Labute approximate surface area is 172 Å². The number of amides is 1. The van der Waals surface area contributed by atoms with Gasteiger partial charge in [-0.25, -0.2) is 5.43 Å². The number of hydrazone groups is 1. The van der Waals surface area contributed by atoms with E-state index in [1.54, 1.807) is 48.7 Å². The number of hydrogen-bond acceptors (Lipinski definition) is 7. The second-order valence-electron chi connectivity index (χ2n) is 6.06. The van der Waals surface area contributed by atoms with Crippen molar-refractivity contribution in [3.8, 4) is 17.5 Å². The van der Waals surface area contributed by atoms with E-state index >= 15 is 0 Å². The summed E-state index contributed by atoms with van der Waals surface area (Å²) in [6.07, 6.45) is 2.97. The zero-order chi connectivity index (χ0) is 21.5. The van der Waals surface area contributed by atoms with Gasteiger partial charge in [0.25, 0.3) is 11.5 Å². The van der Waals surface area contributed by atoms with Gasteiger partial charge < -0.3 is 4.74 Å². The lowest BCUT2D eigenvalue weighted by molar-refractivity contribution is 0.0947. The fourth-order valence-electron chi connectivity index (χ4n) is 2.64. The monoisotopic (exact) mass is 402 g/mol. The SMILES string of the molecule is CCOc1ccc(-n2nc(C(=O)N/N=C\c3ccccn3)c(C)c(C#N)c2=O)cc1. The van der Waals surface area contributed by atoms with Gasteiger partial charge in [-0.15, -0.1) is 0 Å². The van der Waals surface area contributed by atoms with E-state index in [0.29, 0.717) is 23.7 Å². The maximum absolute atomic E-state index is 12.7. The summed E-state index contributed by atoms with van der Waals surface area (Å²) in [5, 5.41) is 17.5. The standard InChI is InChI=1S/C21H18N6O3/c1-3-30-17-9-7-16(8-10-17)27-21(29)18(12-22)14(2)19(26-27)20(28)25-24-13-15-6-4-5-11-23-15/h4-11,13H,3H2,1-2H3,(H,25,28)/b24-13-. The van der Waals surface area contributed by atoms with Crippen LogP contribution in [0.4, 0.5) is 0 Å². The molecular formula is C21H18N6O3. The molecule has 1 aromatic carbocycles. The second kappa shape index (κ2) is 9.25. The average Bonchev–Trinajstić information content (AvgIpc) is 2.76. The van der Waals surface area contributed by atoms with Gasteiger partial charge in [0.05, 0.1) is 24.2 Å². The molecule has 150 valence electrons. The largest absolute Gasteiger partial charge is 0.494 e. The fourth-order valence-corrected chi connectivity index (χ4v) is 2.64. The summed E-state index contributed by atoms with van der Waals surface area (Å²) in [6.45, 7) is 3.86. The number of pyridine rings is 1. The van der Waals surface area contributed by atoms with Crippen molar-refractivity contribution in [3.05, 3.63) is 81.5 Å². The maximum atomic E-state index is 12.7. The highest BCUT2D eigenvalue weighted by atomic mass is 16.5. The van der Waals surface area contributed by atoms with Crippen LogP contribution >= 0.6 is 0 Å². The minimum Gasteiger partial charge on any atom is -0.494 e. The number of hydrogen-bond donors (Lipinski definition) is 1. The highest BCUT2D eigenvalue weighted by Crippen LogP contribution is 2.15. The van der Waals surface area contributed by atoms with E-state index < -0.39 is 11.5 Å². The number of nitrogens with one attached hydrogen (secondary N) is 1. The van der Waals surface area contributed by atoms with Gasteiger partial charge in [-0.1, -0.05) is 6.07 Å². The van der Waals surface area contributed by atoms with Gasteiger partial charge in [0.2, 0.25) is 0 Å². The molecule has 0 atom stereocenters. The van der Waals surface area contributed by atoms with Crippen molar-refractivity contribution in [2.24, 2.45) is 5.10 Å². The van der Waals surface area contributed by atoms with Gasteiger partial charge in [0.1, 0.15) is 17.4 Å². The second-order valence-corrected chi connectivity index (χ2v) is 6.06. The van der Waals surface area contributed by atoms with E-state index in [2.05, 4.69) is 20.6 Å². The van der Waals surface area contributed by atoms with Crippen LogP contribution in [0.15, 0.2) is 58.6 Å². The molecule has 0 aliphatic carbocycles. The third kappa shape index (κ3) is 4.39. The zero-order valence-corrected chi connectivity index (χ0v) is 16.4. The molecule has 1 N–H and O–H groups in total. The molecule has 0 spiro atoms. The van der Waals surface area contributed by atoms with Crippen molar-refractivity contribution in [2.75, 3.05) is 6.61 Å². The summed E-state index contributed by atoms with van der Waals surface area (Å²) >= 11 is 0. The zero-order valence-electron chi connectivity index (χ0n) is 16.4. The molecule has 30 heavy (non-hydrogen) atoms. The van der Waals surface area contributed by atoms with Crippen LogP contribution in [0.25, 0.3) is 5.69 Å². The van der Waals surface area contributed by atoms with Crippen molar-refractivity contribution in [1.29, 1.82) is 5.26 Å². The molecule has 2 aromatic heterocycles. The lowest BCUT2D eigenvalue weighted by Gasteiger charge is -2.11. The Morgan fingerprint density at radius 2 is 2.07 bits per heavy atom. The van der Waals surface area contributed by atoms with Crippen molar-refractivity contribution in [1.82, 2.24) is 20.2 Å². The predicted molar refractivity (Wildman–Crippen MR) is 110 cm³/mol. The van der Waals surface area contributed by atoms with Crippen LogP contribution in [-0.4, -0.2) is 33.5 Å². The number of carbonyl (C=O) groups is 1. The normalized spacial score (nSPS) is 10.6. The molecule has 3 aromatic rings. The number of carbonyl (C=O) groups excluding carboxylic acids is 1. The molecule has 9 heteroatoms. The summed E-state index contributed by atoms with van der Waals surface area (Å²) in [7, 11) is 0. The van der Waals surface area contributed by atoms with Gasteiger partial charge in [-0.2, -0.15) is 20.1 Å². The molecule has 0 radical (unpaired) electrons. The minimum absolute atomic E-state index is 0.0850. The van der Waals surface area contributed by atoms with E-state index in [-0.39, 0.29) is 16.8 Å². The summed E-state index contributed by atoms with van der Waals surface area (Å²) < 4.78 is 6.40. The maximum Gasteiger partial charge on any atom is 0.292 e. The molecule has 0 fully saturated rings. The number of ether oxygens (including phenoxy) is 1. The molecule has 0 aliphatic heterocycles. The number of aromatic nitrogens is 3. The Morgan fingerprint density at radius 1 is 1.30 bits per heavy atom. The van der Waals surface area contributed by atoms with Crippen LogP contribution in [-0.2, 0) is 0 Å². The first kappa shape index (κ1) is 20.4. The van der Waals surface area contributed by atoms with E-state index in [1.165, 1.54) is 13.1 Å². The third-order valence-corrected chi connectivity index (χ3v) is 4.11. The predicted octanol–water partition coefficient (Wildman–Crippen LogP) is 1.97. The van der Waals surface area contributed by atoms with Crippen LogP contribution in [0.1, 0.15) is 34.2 Å². The summed E-state index contributed by atoms with van der Waals surface area (Å²) in [5.41, 5.74) is 2.60. The Balaban J connectivity index is 1.95. The number of nitrogens with zero attached hydrogens (tertiary/aromatic N) is 5. The Hall–Kier alpha value is -4.32. The van der Waals surface area contributed by atoms with E-state index in [9.17, 15) is 14.9 Å². The number of nitriles is 1. The lowest BCUT2D eigenvalue weighted by atomic mass is 10.1. The van der Waals surface area contributed by atoms with Crippen LogP contribution in [0.5, 0.6) is 5.75 Å². The average molecular weight is 402 g/mol. The van der Waals surface area contributed by atoms with E-state index in [0.717, 1.165) is 4.68 Å². The summed E-state index contributed by atoms with van der Waals surface area (Å²) in [6, 6.07) is 13.7. The number of benzene rings is 1. The summed E-state index contributed by atoms with van der Waals surface area (Å²) in [5.74, 6) is -0.0281. The number of rotatable bonds is 6. The van der Waals surface area contributed by atoms with Crippen molar-refractivity contribution in [3.63, 3.8) is 0 Å². The van der Waals surface area contributed by atoms with Gasteiger partial charge in [-0.3, -0.25) is 14.6 Å². The van der Waals surface area contributed by atoms with Crippen molar-refractivity contribution < 1.29 is 9.53 Å². The first-order valence-corrected chi connectivity index (χ1v) is 9.06. The third-order valence-electron chi connectivity index (χ3n) is 4.11. The Kier molecular flexibility index (Phi) is 6.29. The molecule has 9 nitrogen and oxygen atoms in total. The van der Waals surface area contributed by atoms with Crippen LogP contribution in [0.3, 0.4) is 0 Å².